The van der Waals surface area contributed by atoms with Crippen LogP contribution in [-0.4, -0.2) is 10.1 Å². The third-order valence-corrected chi connectivity index (χ3v) is 4.79. The molecule has 2 nitrogen and oxygen atoms in total. The van der Waals surface area contributed by atoms with Crippen molar-refractivity contribution in [2.45, 2.75) is 38.2 Å². The Bertz CT molecular complexity index is 328. The van der Waals surface area contributed by atoms with Crippen molar-refractivity contribution in [3.05, 3.63) is 15.0 Å². The monoisotopic (exact) mass is 275 g/mol. The van der Waals surface area contributed by atoms with Gasteiger partial charge in [-0.15, -0.1) is 11.3 Å². The molecule has 4 heteroatoms. The van der Waals surface area contributed by atoms with Crippen LogP contribution < -0.4 is 0 Å². The van der Waals surface area contributed by atoms with Crippen molar-refractivity contribution in [3.8, 4) is 0 Å². The molecular formula is C10H14BrNOS. The largest absolute Gasteiger partial charge is 0.383 e. The maximum absolute atomic E-state index is 10.4. The van der Waals surface area contributed by atoms with Crippen LogP contribution in [0.1, 0.15) is 37.6 Å². The predicted molar refractivity (Wildman–Crippen MR) is 61.3 cm³/mol. The molecule has 78 valence electrons. The second-order valence-electron chi connectivity index (χ2n) is 4.02. The number of halogens is 1. The van der Waals surface area contributed by atoms with Crippen LogP contribution in [0.25, 0.3) is 0 Å². The van der Waals surface area contributed by atoms with Crippen LogP contribution in [0.3, 0.4) is 0 Å². The zero-order chi connectivity index (χ0) is 10.2. The first-order valence-electron chi connectivity index (χ1n) is 4.98. The molecule has 1 aromatic rings. The van der Waals surface area contributed by atoms with Gasteiger partial charge < -0.3 is 5.11 Å². The first-order valence-corrected chi connectivity index (χ1v) is 6.65. The fourth-order valence-electron chi connectivity index (χ4n) is 2.14. The average molecular weight is 276 g/mol. The van der Waals surface area contributed by atoms with E-state index in [-0.39, 0.29) is 0 Å². The van der Waals surface area contributed by atoms with Gasteiger partial charge in [-0.2, -0.15) is 0 Å². The lowest BCUT2D eigenvalue weighted by Crippen LogP contribution is -2.21. The van der Waals surface area contributed by atoms with E-state index in [1.54, 1.807) is 11.3 Å². The van der Waals surface area contributed by atoms with E-state index >= 15 is 0 Å². The van der Waals surface area contributed by atoms with Gasteiger partial charge in [-0.05, 0) is 41.1 Å². The Morgan fingerprint density at radius 2 is 2.57 bits per heavy atom. The molecule has 1 aromatic heterocycles. The van der Waals surface area contributed by atoms with Crippen molar-refractivity contribution in [3.63, 3.8) is 0 Å². The van der Waals surface area contributed by atoms with Crippen LogP contribution >= 0.6 is 27.3 Å². The summed E-state index contributed by atoms with van der Waals surface area (Å²) in [7, 11) is 0. The van der Waals surface area contributed by atoms with Crippen LogP contribution in [0.5, 0.6) is 0 Å². The molecule has 1 N–H and O–H groups in total. The smallest absolute Gasteiger partial charge is 0.126 e. The number of hydrogen-bond acceptors (Lipinski definition) is 3. The zero-order valence-corrected chi connectivity index (χ0v) is 10.6. The quantitative estimate of drug-likeness (QED) is 0.899. The standard InChI is InChI=1S/C10H14BrNOS/c1-2-7-3-4-10(13,5-7)9-12-8(11)6-14-9/h6-7,13H,2-5H2,1H3. The number of aromatic nitrogens is 1. The topological polar surface area (TPSA) is 33.1 Å². The summed E-state index contributed by atoms with van der Waals surface area (Å²) >= 11 is 4.87. The Morgan fingerprint density at radius 3 is 3.07 bits per heavy atom. The van der Waals surface area contributed by atoms with Gasteiger partial charge in [0.1, 0.15) is 15.2 Å². The molecule has 2 rings (SSSR count). The van der Waals surface area contributed by atoms with Crippen molar-refractivity contribution in [2.24, 2.45) is 5.92 Å². The van der Waals surface area contributed by atoms with E-state index < -0.39 is 5.60 Å². The fraction of sp³-hybridized carbons (Fsp3) is 0.700. The molecule has 2 unspecified atom stereocenters. The highest BCUT2D eigenvalue weighted by atomic mass is 79.9. The molecule has 0 bridgehead atoms. The molecule has 0 aromatic carbocycles. The van der Waals surface area contributed by atoms with Gasteiger partial charge in [-0.3, -0.25) is 0 Å². The molecule has 0 spiro atoms. The lowest BCUT2D eigenvalue weighted by Gasteiger charge is -2.19. The van der Waals surface area contributed by atoms with Gasteiger partial charge >= 0.3 is 0 Å². The van der Waals surface area contributed by atoms with E-state index in [0.717, 1.165) is 35.3 Å². The minimum absolute atomic E-state index is 0.642. The Balaban J connectivity index is 2.18. The number of rotatable bonds is 2. The van der Waals surface area contributed by atoms with Gasteiger partial charge in [0.25, 0.3) is 0 Å². The normalized spacial score (nSPS) is 32.4. The molecule has 0 saturated heterocycles. The van der Waals surface area contributed by atoms with E-state index in [0.29, 0.717) is 5.92 Å². The van der Waals surface area contributed by atoms with Gasteiger partial charge in [-0.1, -0.05) is 13.3 Å². The highest BCUT2D eigenvalue weighted by Gasteiger charge is 2.40. The lowest BCUT2D eigenvalue weighted by atomic mass is 10.00. The van der Waals surface area contributed by atoms with Gasteiger partial charge in [0.05, 0.1) is 0 Å². The van der Waals surface area contributed by atoms with Crippen LogP contribution in [-0.2, 0) is 5.60 Å². The molecule has 0 amide bonds. The summed E-state index contributed by atoms with van der Waals surface area (Å²) in [6.45, 7) is 2.19. The van der Waals surface area contributed by atoms with Crippen LogP contribution in [0.15, 0.2) is 9.98 Å². The van der Waals surface area contributed by atoms with E-state index in [1.165, 1.54) is 0 Å². The molecule has 1 heterocycles. The van der Waals surface area contributed by atoms with E-state index in [4.69, 9.17) is 0 Å². The molecular weight excluding hydrogens is 262 g/mol. The summed E-state index contributed by atoms with van der Waals surface area (Å²) < 4.78 is 0.839. The predicted octanol–water partition coefficient (Wildman–Crippen LogP) is 3.30. The second kappa shape index (κ2) is 3.91. The van der Waals surface area contributed by atoms with Crippen LogP contribution in [0.2, 0.25) is 0 Å². The van der Waals surface area contributed by atoms with Crippen LogP contribution in [0.4, 0.5) is 0 Å². The molecule has 1 fully saturated rings. The number of aliphatic hydroxyl groups is 1. The Kier molecular flexibility index (Phi) is 2.96. The summed E-state index contributed by atoms with van der Waals surface area (Å²) in [6.07, 6.45) is 4.04. The second-order valence-corrected chi connectivity index (χ2v) is 5.69. The van der Waals surface area contributed by atoms with Crippen molar-refractivity contribution in [2.75, 3.05) is 0 Å². The molecule has 0 radical (unpaired) electrons. The Hall–Kier alpha value is 0.0700. The SMILES string of the molecule is CCC1CCC(O)(c2nc(Br)cs2)C1. The molecule has 1 aliphatic rings. The minimum Gasteiger partial charge on any atom is -0.383 e. The third kappa shape index (κ3) is 1.88. The number of thiazole rings is 1. The van der Waals surface area contributed by atoms with Crippen LogP contribution in [0, 0.1) is 5.92 Å². The fourth-order valence-corrected chi connectivity index (χ4v) is 3.53. The van der Waals surface area contributed by atoms with Gasteiger partial charge in [0.15, 0.2) is 0 Å². The maximum Gasteiger partial charge on any atom is 0.126 e. The summed E-state index contributed by atoms with van der Waals surface area (Å²) in [5, 5.41) is 13.2. The van der Waals surface area contributed by atoms with Gasteiger partial charge in [0.2, 0.25) is 0 Å². The zero-order valence-electron chi connectivity index (χ0n) is 8.16. The number of nitrogens with zero attached hydrogens (tertiary/aromatic N) is 1. The molecule has 1 saturated carbocycles. The summed E-state index contributed by atoms with van der Waals surface area (Å²) in [6, 6.07) is 0. The average Bonchev–Trinajstić information content (AvgIpc) is 2.73. The van der Waals surface area contributed by atoms with Crippen molar-refractivity contribution < 1.29 is 5.11 Å². The first kappa shape index (κ1) is 10.6. The summed E-state index contributed by atoms with van der Waals surface area (Å²) in [5.41, 5.74) is -0.642. The number of hydrogen-bond donors (Lipinski definition) is 1. The summed E-state index contributed by atoms with van der Waals surface area (Å²) in [4.78, 5) is 4.32. The minimum atomic E-state index is -0.642. The van der Waals surface area contributed by atoms with E-state index in [2.05, 4.69) is 27.8 Å². The van der Waals surface area contributed by atoms with E-state index in [1.807, 2.05) is 5.38 Å². The van der Waals surface area contributed by atoms with Crippen molar-refractivity contribution in [1.29, 1.82) is 0 Å². The molecule has 0 aliphatic heterocycles. The lowest BCUT2D eigenvalue weighted by molar-refractivity contribution is 0.0394. The Morgan fingerprint density at radius 1 is 1.79 bits per heavy atom. The highest BCUT2D eigenvalue weighted by molar-refractivity contribution is 9.10. The highest BCUT2D eigenvalue weighted by Crippen LogP contribution is 2.44. The first-order chi connectivity index (χ1) is 6.64. The third-order valence-electron chi connectivity index (χ3n) is 3.04. The van der Waals surface area contributed by atoms with E-state index in [9.17, 15) is 5.11 Å². The molecule has 2 atom stereocenters. The maximum atomic E-state index is 10.4. The molecule has 14 heavy (non-hydrogen) atoms. The molecule has 1 aliphatic carbocycles. The van der Waals surface area contributed by atoms with Crippen molar-refractivity contribution >= 4 is 27.3 Å². The van der Waals surface area contributed by atoms with Crippen molar-refractivity contribution in [1.82, 2.24) is 4.98 Å². The Labute approximate surface area is 96.5 Å². The summed E-state index contributed by atoms with van der Waals surface area (Å²) in [5.74, 6) is 0.669. The van der Waals surface area contributed by atoms with Gasteiger partial charge in [-0.25, -0.2) is 4.98 Å². The van der Waals surface area contributed by atoms with Gasteiger partial charge in [0, 0.05) is 5.38 Å².